The normalized spacial score (nSPS) is 12.0. The number of likely N-dealkylation sites (N-methyl/N-ethyl adjacent to an activating group) is 2. The van der Waals surface area contributed by atoms with Crippen LogP contribution in [0.2, 0.25) is 0 Å². The Bertz CT molecular complexity index is 4350. The molecule has 1 aliphatic heterocycles. The topological polar surface area (TPSA) is 221 Å². The molecule has 7 N–H and O–H groups in total. The number of nitrogens with one attached hydrogen (secondary N) is 7. The lowest BCUT2D eigenvalue weighted by atomic mass is 9.99. The maximum Gasteiger partial charge on any atom is 0.251 e. The Kier molecular flexibility index (Phi) is 16.2. The first-order valence-corrected chi connectivity index (χ1v) is 28.9. The number of aromatic amines is 3. The fourth-order valence-corrected chi connectivity index (χ4v) is 10.5. The van der Waals surface area contributed by atoms with Crippen molar-refractivity contribution >= 4 is 68.1 Å². The van der Waals surface area contributed by atoms with Gasteiger partial charge in [-0.05, 0) is 165 Å². The predicted molar refractivity (Wildman–Crippen MR) is 341 cm³/mol. The van der Waals surface area contributed by atoms with Crippen LogP contribution < -0.4 is 21.3 Å². The molecular weight excluding hydrogens is 1070 g/mol. The van der Waals surface area contributed by atoms with E-state index in [1.165, 1.54) is 0 Å². The highest BCUT2D eigenvalue weighted by Crippen LogP contribution is 2.35. The Labute approximate surface area is 497 Å². The molecule has 430 valence electrons. The number of H-pyrrole nitrogens is 3. The number of nitrogens with zero attached hydrogens (tertiary/aromatic N) is 6. The van der Waals surface area contributed by atoms with E-state index in [9.17, 15) is 19.2 Å². The van der Waals surface area contributed by atoms with Crippen LogP contribution in [0.4, 0.5) is 5.69 Å². The van der Waals surface area contributed by atoms with Gasteiger partial charge in [-0.25, -0.2) is 15.0 Å². The molecule has 0 saturated heterocycles. The standard InChI is InChI=1S/C69H65N13O4/c1-81(2)35-33-72-68(85)48-19-11-44(12-20-48)64-75-55-28-25-51(38-60(55)78-64)50-23-24-54-41-58(74-59(54)37-50)42-7-15-46(16-8-42)66(83)70-31-5-6-32-71-67(84)47-17-9-43(10-18-47)63-76-56-29-26-52(39-61(56)79-63)53-27-30-57-62(40-53)80-65(77-57)45-13-21-49(22-14-45)69(86)73-34-36-82(3)4/h7-30,37-40H,5-6,31-36,41H2,1-4H3,(H,70,83)(H,71,84)(H,72,85)(H,73,86)(H,75,78)(H,76,79)(H,77,80). The van der Waals surface area contributed by atoms with Gasteiger partial charge >= 0.3 is 0 Å². The average molecular weight is 1140 g/mol. The number of aromatic nitrogens is 6. The Balaban J connectivity index is 0.583. The molecule has 11 aromatic rings. The lowest BCUT2D eigenvalue weighted by Gasteiger charge is -2.10. The Morgan fingerprint density at radius 2 is 0.698 bits per heavy atom. The quantitative estimate of drug-likeness (QED) is 0.0340. The number of carbonyl (C=O) groups is 4. The molecule has 3 aromatic heterocycles. The second-order valence-corrected chi connectivity index (χ2v) is 22.2. The van der Waals surface area contributed by atoms with Gasteiger partial charge in [0.25, 0.3) is 23.6 Å². The lowest BCUT2D eigenvalue weighted by Crippen LogP contribution is -2.31. The van der Waals surface area contributed by atoms with Crippen molar-refractivity contribution in [3.63, 3.8) is 0 Å². The first kappa shape index (κ1) is 56.1. The maximum absolute atomic E-state index is 13.1. The van der Waals surface area contributed by atoms with Crippen molar-refractivity contribution in [1.82, 2.24) is 61.0 Å². The minimum absolute atomic E-state index is 0.0973. The molecule has 4 heterocycles. The number of amides is 4. The van der Waals surface area contributed by atoms with Crippen molar-refractivity contribution in [3.8, 4) is 56.4 Å². The van der Waals surface area contributed by atoms with Crippen molar-refractivity contribution in [2.45, 2.75) is 19.3 Å². The number of aliphatic imine (C=N–C) groups is 1. The summed E-state index contributed by atoms with van der Waals surface area (Å²) in [5, 5.41) is 11.9. The maximum atomic E-state index is 13.1. The molecular formula is C69H65N13O4. The predicted octanol–water partition coefficient (Wildman–Crippen LogP) is 10.9. The molecule has 12 rings (SSSR count). The molecule has 0 saturated carbocycles. The van der Waals surface area contributed by atoms with Crippen LogP contribution in [0.1, 0.15) is 65.4 Å². The minimum Gasteiger partial charge on any atom is -0.352 e. The second kappa shape index (κ2) is 24.8. The van der Waals surface area contributed by atoms with Crippen LogP contribution in [0.5, 0.6) is 0 Å². The number of rotatable bonds is 21. The van der Waals surface area contributed by atoms with Crippen molar-refractivity contribution in [3.05, 3.63) is 203 Å². The third-order valence-electron chi connectivity index (χ3n) is 15.4. The summed E-state index contributed by atoms with van der Waals surface area (Å²) in [6.45, 7) is 3.66. The summed E-state index contributed by atoms with van der Waals surface area (Å²) in [4.78, 5) is 85.4. The lowest BCUT2D eigenvalue weighted by molar-refractivity contribution is 0.0939. The smallest absolute Gasteiger partial charge is 0.251 e. The fraction of sp³-hybridized carbons (Fsp3) is 0.188. The van der Waals surface area contributed by atoms with E-state index < -0.39 is 0 Å². The number of hydrogen-bond acceptors (Lipinski definition) is 10. The zero-order valence-corrected chi connectivity index (χ0v) is 48.3. The molecule has 0 spiro atoms. The summed E-state index contributed by atoms with van der Waals surface area (Å²) in [6.07, 6.45) is 2.10. The van der Waals surface area contributed by atoms with E-state index in [-0.39, 0.29) is 23.6 Å². The van der Waals surface area contributed by atoms with E-state index in [0.29, 0.717) is 73.5 Å². The zero-order valence-electron chi connectivity index (χ0n) is 48.3. The van der Waals surface area contributed by atoms with Crippen LogP contribution in [0.15, 0.2) is 175 Å². The number of carbonyl (C=O) groups excluding carboxylic acids is 4. The summed E-state index contributed by atoms with van der Waals surface area (Å²) in [7, 11) is 7.90. The van der Waals surface area contributed by atoms with Gasteiger partial charge in [0.1, 0.15) is 17.5 Å². The van der Waals surface area contributed by atoms with Gasteiger partial charge in [0, 0.05) is 84.6 Å². The highest BCUT2D eigenvalue weighted by molar-refractivity contribution is 6.07. The zero-order chi connectivity index (χ0) is 59.3. The van der Waals surface area contributed by atoms with Gasteiger partial charge in [0.05, 0.1) is 44.5 Å². The molecule has 8 aromatic carbocycles. The molecule has 17 heteroatoms. The van der Waals surface area contributed by atoms with Crippen LogP contribution in [-0.2, 0) is 6.42 Å². The summed E-state index contributed by atoms with van der Waals surface area (Å²) >= 11 is 0. The van der Waals surface area contributed by atoms with Gasteiger partial charge in [0.2, 0.25) is 0 Å². The Morgan fingerprint density at radius 3 is 1.06 bits per heavy atom. The van der Waals surface area contributed by atoms with E-state index in [1.807, 2.05) is 141 Å². The minimum atomic E-state index is -0.166. The van der Waals surface area contributed by atoms with Crippen molar-refractivity contribution < 1.29 is 19.2 Å². The largest absolute Gasteiger partial charge is 0.352 e. The highest BCUT2D eigenvalue weighted by atomic mass is 16.2. The van der Waals surface area contributed by atoms with E-state index in [1.54, 1.807) is 12.1 Å². The summed E-state index contributed by atoms with van der Waals surface area (Å²) in [5.74, 6) is 1.65. The number of fused-ring (bicyclic) bond motifs is 4. The third-order valence-corrected chi connectivity index (χ3v) is 15.4. The monoisotopic (exact) mass is 1140 g/mol. The van der Waals surface area contributed by atoms with E-state index >= 15 is 0 Å². The van der Waals surface area contributed by atoms with Crippen molar-refractivity contribution in [1.29, 1.82) is 0 Å². The third kappa shape index (κ3) is 12.7. The van der Waals surface area contributed by atoms with Crippen molar-refractivity contribution in [2.24, 2.45) is 4.99 Å². The van der Waals surface area contributed by atoms with Crippen molar-refractivity contribution in [2.75, 3.05) is 67.5 Å². The van der Waals surface area contributed by atoms with Gasteiger partial charge < -0.3 is 46.0 Å². The number of benzene rings is 8. The summed E-state index contributed by atoms with van der Waals surface area (Å²) in [6, 6.07) is 54.8. The van der Waals surface area contributed by atoms with Crippen LogP contribution in [0, 0.1) is 0 Å². The van der Waals surface area contributed by atoms with Crippen LogP contribution in [0.3, 0.4) is 0 Å². The molecule has 0 fully saturated rings. The average Bonchev–Trinajstić information content (AvgIpc) is 4.11. The molecule has 4 amide bonds. The Morgan fingerprint density at radius 1 is 0.384 bits per heavy atom. The summed E-state index contributed by atoms with van der Waals surface area (Å²) in [5.41, 5.74) is 18.3. The molecule has 1 aliphatic rings. The molecule has 0 atom stereocenters. The van der Waals surface area contributed by atoms with Crippen LogP contribution in [0.25, 0.3) is 89.5 Å². The Hall–Kier alpha value is -10.4. The fourth-order valence-electron chi connectivity index (χ4n) is 10.5. The number of unbranched alkanes of at least 4 members (excludes halogenated alkanes) is 1. The first-order valence-electron chi connectivity index (χ1n) is 28.9. The molecule has 0 aliphatic carbocycles. The van der Waals surface area contributed by atoms with Gasteiger partial charge in [-0.1, -0.05) is 78.9 Å². The van der Waals surface area contributed by atoms with Gasteiger partial charge in [-0.15, -0.1) is 0 Å². The summed E-state index contributed by atoms with van der Waals surface area (Å²) < 4.78 is 0. The van der Waals surface area contributed by atoms with Crippen LogP contribution >= 0.6 is 0 Å². The van der Waals surface area contributed by atoms with E-state index in [4.69, 9.17) is 19.9 Å². The second-order valence-electron chi connectivity index (χ2n) is 22.2. The van der Waals surface area contributed by atoms with Gasteiger partial charge in [-0.2, -0.15) is 0 Å². The highest BCUT2D eigenvalue weighted by Gasteiger charge is 2.19. The van der Waals surface area contributed by atoms with E-state index in [0.717, 1.165) is 119 Å². The van der Waals surface area contributed by atoms with Gasteiger partial charge in [-0.3, -0.25) is 24.2 Å². The number of imidazole rings is 3. The SMILES string of the molecule is CN(C)CCNC(=O)c1ccc(-c2nc3cc(-c4ccc5c(c4)N=C(c4ccc(C(=O)NCCCCNC(=O)c6ccc(-c7nc8cc(-c9ccc%10[nH]c(-c%11ccc(C(=O)NCCN(C)C)cc%11)nc%10c9)ccc8[nH]7)cc6)cc4)C5)ccc3[nH]2)cc1. The van der Waals surface area contributed by atoms with Crippen LogP contribution in [-0.4, -0.2) is 137 Å². The molecule has 17 nitrogen and oxygen atoms in total. The molecule has 86 heavy (non-hydrogen) atoms. The first-order chi connectivity index (χ1) is 41.8. The number of hydrogen-bond donors (Lipinski definition) is 7. The molecule has 0 unspecified atom stereocenters. The van der Waals surface area contributed by atoms with Gasteiger partial charge in [0.15, 0.2) is 0 Å². The molecule has 0 bridgehead atoms. The molecule has 0 radical (unpaired) electrons. The van der Waals surface area contributed by atoms with E-state index in [2.05, 4.69) is 90.8 Å².